The molecular formula is C27H31N5O4S. The Morgan fingerprint density at radius 1 is 1.08 bits per heavy atom. The highest BCUT2D eigenvalue weighted by Crippen LogP contribution is 2.35. The lowest BCUT2D eigenvalue weighted by atomic mass is 10.0. The number of benzene rings is 2. The first-order chi connectivity index (χ1) is 17.7. The van der Waals surface area contributed by atoms with Gasteiger partial charge in [-0.25, -0.2) is 0 Å². The van der Waals surface area contributed by atoms with E-state index >= 15 is 0 Å². The molecule has 194 valence electrons. The first-order valence-electron chi connectivity index (χ1n) is 12.1. The normalized spacial score (nSPS) is 14.2. The van der Waals surface area contributed by atoms with Gasteiger partial charge in [0.25, 0.3) is 11.8 Å². The second-order valence-electron chi connectivity index (χ2n) is 9.25. The zero-order chi connectivity index (χ0) is 26.7. The van der Waals surface area contributed by atoms with Crippen LogP contribution in [0, 0.1) is 13.8 Å². The maximum atomic E-state index is 14.1. The minimum Gasteiger partial charge on any atom is -0.497 e. The molecule has 3 amide bonds. The van der Waals surface area contributed by atoms with Crippen LogP contribution in [-0.4, -0.2) is 35.2 Å². The molecule has 1 aliphatic carbocycles. The highest BCUT2D eigenvalue weighted by atomic mass is 32.1. The van der Waals surface area contributed by atoms with Gasteiger partial charge in [0, 0.05) is 11.7 Å². The van der Waals surface area contributed by atoms with Crippen LogP contribution in [0.3, 0.4) is 0 Å². The van der Waals surface area contributed by atoms with Gasteiger partial charge in [0.2, 0.25) is 5.91 Å². The number of carbonyl (C=O) groups excluding carboxylic acids is 3. The van der Waals surface area contributed by atoms with Gasteiger partial charge in [0.1, 0.15) is 16.7 Å². The smallest absolute Gasteiger partial charge is 0.273 e. The van der Waals surface area contributed by atoms with Gasteiger partial charge in [-0.3, -0.25) is 19.3 Å². The van der Waals surface area contributed by atoms with Crippen LogP contribution in [0.4, 0.5) is 11.4 Å². The molecule has 3 aromatic rings. The fourth-order valence-corrected chi connectivity index (χ4v) is 5.29. The number of nitrogens with two attached hydrogens (primary N) is 2. The number of nitrogens with one attached hydrogen (secondary N) is 1. The maximum absolute atomic E-state index is 14.1. The monoisotopic (exact) mass is 521 g/mol. The Balaban J connectivity index is 1.87. The van der Waals surface area contributed by atoms with Crippen molar-refractivity contribution in [2.24, 2.45) is 5.73 Å². The summed E-state index contributed by atoms with van der Waals surface area (Å²) in [5.74, 6) is -1.05. The molecule has 1 aliphatic rings. The summed E-state index contributed by atoms with van der Waals surface area (Å²) in [5.41, 5.74) is 14.4. The standard InChI is InChI=1S/C27H31N5O4S/c1-15-8-11-19(14-16(15)2)32(27(35)24-21(28)22(25(29)33)31-37-24)23(17-9-12-20(36-3)13-10-17)26(34)30-18-6-4-5-7-18/h8-14,18,23H,4-7,28H2,1-3H3,(H2,29,33)(H,30,34). The molecule has 0 saturated heterocycles. The van der Waals surface area contributed by atoms with Gasteiger partial charge < -0.3 is 21.5 Å². The van der Waals surface area contributed by atoms with Gasteiger partial charge in [-0.2, -0.15) is 4.37 Å². The molecule has 1 fully saturated rings. The lowest BCUT2D eigenvalue weighted by molar-refractivity contribution is -0.123. The molecule has 5 N–H and O–H groups in total. The van der Waals surface area contributed by atoms with Crippen LogP contribution in [0.15, 0.2) is 42.5 Å². The van der Waals surface area contributed by atoms with E-state index in [9.17, 15) is 14.4 Å². The topological polar surface area (TPSA) is 141 Å². The molecule has 10 heteroatoms. The zero-order valence-electron chi connectivity index (χ0n) is 21.1. The number of amides is 3. The van der Waals surface area contributed by atoms with Crippen LogP contribution in [0.1, 0.15) is 68.6 Å². The molecule has 0 bridgehead atoms. The highest BCUT2D eigenvalue weighted by Gasteiger charge is 2.37. The van der Waals surface area contributed by atoms with Gasteiger partial charge >= 0.3 is 0 Å². The van der Waals surface area contributed by atoms with Crippen LogP contribution < -0.4 is 26.4 Å². The Morgan fingerprint density at radius 3 is 2.32 bits per heavy atom. The lowest BCUT2D eigenvalue weighted by Crippen LogP contribution is -2.46. The summed E-state index contributed by atoms with van der Waals surface area (Å²) in [6.07, 6.45) is 3.88. The third-order valence-electron chi connectivity index (χ3n) is 6.78. The van der Waals surface area contributed by atoms with Crippen molar-refractivity contribution < 1.29 is 19.1 Å². The number of hydrogen-bond acceptors (Lipinski definition) is 7. The van der Waals surface area contributed by atoms with Crippen LogP contribution in [0.25, 0.3) is 0 Å². The first-order valence-corrected chi connectivity index (χ1v) is 12.9. The summed E-state index contributed by atoms with van der Waals surface area (Å²) in [6, 6.07) is 11.6. The minimum absolute atomic E-state index is 0.0409. The Labute approximate surface area is 220 Å². The molecule has 1 unspecified atom stereocenters. The van der Waals surface area contributed by atoms with E-state index in [0.717, 1.165) is 48.3 Å². The van der Waals surface area contributed by atoms with Crippen LogP contribution >= 0.6 is 11.5 Å². The fourth-order valence-electron chi connectivity index (χ4n) is 4.55. The summed E-state index contributed by atoms with van der Waals surface area (Å²) in [4.78, 5) is 41.3. The van der Waals surface area contributed by atoms with Gasteiger partial charge in [-0.15, -0.1) is 0 Å². The number of anilines is 2. The average molecular weight is 522 g/mol. The van der Waals surface area contributed by atoms with Gasteiger partial charge in [-0.05, 0) is 79.2 Å². The van der Waals surface area contributed by atoms with Crippen LogP contribution in [-0.2, 0) is 4.79 Å². The fraction of sp³-hybridized carbons (Fsp3) is 0.333. The number of ether oxygens (including phenoxy) is 1. The number of aryl methyl sites for hydroxylation is 2. The van der Waals surface area contributed by atoms with Crippen molar-refractivity contribution >= 4 is 40.6 Å². The van der Waals surface area contributed by atoms with Gasteiger partial charge in [0.05, 0.1) is 12.8 Å². The first kappa shape index (κ1) is 26.2. The summed E-state index contributed by atoms with van der Waals surface area (Å²) >= 11 is 0.787. The number of methoxy groups -OCH3 is 1. The second-order valence-corrected chi connectivity index (χ2v) is 10.0. The van der Waals surface area contributed by atoms with Crippen molar-refractivity contribution in [2.45, 2.75) is 51.6 Å². The Hall–Kier alpha value is -3.92. The number of aromatic nitrogens is 1. The van der Waals surface area contributed by atoms with E-state index < -0.39 is 17.9 Å². The van der Waals surface area contributed by atoms with Crippen LogP contribution in [0.5, 0.6) is 5.75 Å². The molecule has 0 radical (unpaired) electrons. The number of nitrogen functional groups attached to an aromatic ring is 1. The van der Waals surface area contributed by atoms with Gasteiger partial charge in [-0.1, -0.05) is 31.0 Å². The molecule has 1 saturated carbocycles. The predicted molar refractivity (Wildman–Crippen MR) is 144 cm³/mol. The summed E-state index contributed by atoms with van der Waals surface area (Å²) in [6.45, 7) is 3.91. The summed E-state index contributed by atoms with van der Waals surface area (Å²) < 4.78 is 9.31. The molecule has 9 nitrogen and oxygen atoms in total. The molecule has 0 spiro atoms. The molecule has 2 aromatic carbocycles. The Morgan fingerprint density at radius 2 is 1.76 bits per heavy atom. The summed E-state index contributed by atoms with van der Waals surface area (Å²) in [7, 11) is 1.56. The van der Waals surface area contributed by atoms with Crippen LogP contribution in [0.2, 0.25) is 0 Å². The Bertz CT molecular complexity index is 1310. The van der Waals surface area contributed by atoms with E-state index in [1.54, 1.807) is 37.4 Å². The van der Waals surface area contributed by atoms with Crippen molar-refractivity contribution in [3.63, 3.8) is 0 Å². The summed E-state index contributed by atoms with van der Waals surface area (Å²) in [5, 5.41) is 3.14. The third-order valence-corrected chi connectivity index (χ3v) is 7.63. The van der Waals surface area contributed by atoms with Crippen molar-refractivity contribution in [1.82, 2.24) is 9.69 Å². The highest BCUT2D eigenvalue weighted by molar-refractivity contribution is 7.09. The number of primary amides is 1. The molecule has 1 heterocycles. The second kappa shape index (κ2) is 11.0. The molecule has 1 atom stereocenters. The average Bonchev–Trinajstić information content (AvgIpc) is 3.53. The number of rotatable bonds is 8. The van der Waals surface area contributed by atoms with Crippen molar-refractivity contribution in [3.05, 3.63) is 69.7 Å². The molecular weight excluding hydrogens is 490 g/mol. The number of carbonyl (C=O) groups is 3. The molecule has 1 aromatic heterocycles. The van der Waals surface area contributed by atoms with E-state index in [4.69, 9.17) is 16.2 Å². The molecule has 0 aliphatic heterocycles. The van der Waals surface area contributed by atoms with E-state index in [2.05, 4.69) is 9.69 Å². The quantitative estimate of drug-likeness (QED) is 0.411. The van der Waals surface area contributed by atoms with E-state index in [-0.39, 0.29) is 28.2 Å². The predicted octanol–water partition coefficient (Wildman–Crippen LogP) is 3.90. The number of nitrogens with zero attached hydrogens (tertiary/aromatic N) is 2. The van der Waals surface area contributed by atoms with Gasteiger partial charge in [0.15, 0.2) is 5.69 Å². The maximum Gasteiger partial charge on any atom is 0.273 e. The molecule has 4 rings (SSSR count). The van der Waals surface area contributed by atoms with E-state index in [0.29, 0.717) is 17.0 Å². The van der Waals surface area contributed by atoms with Crippen molar-refractivity contribution in [2.75, 3.05) is 17.7 Å². The zero-order valence-corrected chi connectivity index (χ0v) is 21.9. The van der Waals surface area contributed by atoms with Crippen molar-refractivity contribution in [3.8, 4) is 5.75 Å². The molecule has 37 heavy (non-hydrogen) atoms. The lowest BCUT2D eigenvalue weighted by Gasteiger charge is -2.32. The van der Waals surface area contributed by atoms with Crippen molar-refractivity contribution in [1.29, 1.82) is 0 Å². The largest absolute Gasteiger partial charge is 0.497 e. The van der Waals surface area contributed by atoms with E-state index in [1.165, 1.54) is 4.90 Å². The number of hydrogen-bond donors (Lipinski definition) is 3. The minimum atomic E-state index is -1.01. The Kier molecular flexibility index (Phi) is 7.77. The third kappa shape index (κ3) is 5.43. The SMILES string of the molecule is COc1ccc(C(C(=O)NC2CCCC2)N(C(=O)c2snc(C(N)=O)c2N)c2ccc(C)c(C)c2)cc1. The van der Waals surface area contributed by atoms with E-state index in [1.807, 2.05) is 26.0 Å².